The first-order valence-corrected chi connectivity index (χ1v) is 8.26. The lowest BCUT2D eigenvalue weighted by Crippen LogP contribution is -2.49. The third kappa shape index (κ3) is 1.73. The van der Waals surface area contributed by atoms with Crippen LogP contribution in [-0.2, 0) is 0 Å². The summed E-state index contributed by atoms with van der Waals surface area (Å²) in [4.78, 5) is 21.5. The van der Waals surface area contributed by atoms with Gasteiger partial charge in [0.05, 0.1) is 17.2 Å². The lowest BCUT2D eigenvalue weighted by Gasteiger charge is -2.33. The quantitative estimate of drug-likeness (QED) is 0.926. The van der Waals surface area contributed by atoms with Gasteiger partial charge < -0.3 is 5.32 Å². The maximum Gasteiger partial charge on any atom is 0.271 e. The van der Waals surface area contributed by atoms with E-state index in [9.17, 15) is 4.79 Å². The number of nitrogens with zero attached hydrogens (tertiary/aromatic N) is 2. The molecule has 4 fully saturated rings. The van der Waals surface area contributed by atoms with Crippen molar-refractivity contribution in [3.63, 3.8) is 0 Å². The van der Waals surface area contributed by atoms with Gasteiger partial charge in [-0.05, 0) is 62.0 Å². The van der Waals surface area contributed by atoms with Crippen LogP contribution in [0.15, 0.2) is 30.5 Å². The van der Waals surface area contributed by atoms with Gasteiger partial charge in [0, 0.05) is 5.54 Å². The van der Waals surface area contributed by atoms with Crippen molar-refractivity contribution in [1.82, 2.24) is 15.3 Å². The fraction of sp³-hybridized carbons (Fsp3) is 0.500. The summed E-state index contributed by atoms with van der Waals surface area (Å²) in [5.74, 6) is 2.31. The van der Waals surface area contributed by atoms with Crippen LogP contribution in [0.25, 0.3) is 11.0 Å². The Hall–Kier alpha value is -1.97. The van der Waals surface area contributed by atoms with E-state index in [-0.39, 0.29) is 11.4 Å². The molecule has 0 spiro atoms. The van der Waals surface area contributed by atoms with E-state index < -0.39 is 0 Å². The standard InChI is InChI=1S/C18H19N3O/c22-17(16-10-19-14-3-1-2-4-15(14)20-16)21-18-8-11-5-12(9-18)7-13(18)6-11/h1-4,10-13H,5-9H2,(H,21,22). The van der Waals surface area contributed by atoms with Crippen LogP contribution in [-0.4, -0.2) is 21.4 Å². The Morgan fingerprint density at radius 3 is 2.59 bits per heavy atom. The highest BCUT2D eigenvalue weighted by Crippen LogP contribution is 2.60. The van der Waals surface area contributed by atoms with E-state index in [4.69, 9.17) is 0 Å². The largest absolute Gasteiger partial charge is 0.345 e. The average molecular weight is 293 g/mol. The van der Waals surface area contributed by atoms with Gasteiger partial charge in [-0.1, -0.05) is 12.1 Å². The summed E-state index contributed by atoms with van der Waals surface area (Å²) in [5, 5.41) is 3.35. The summed E-state index contributed by atoms with van der Waals surface area (Å²) in [5.41, 5.74) is 2.11. The molecule has 6 rings (SSSR count). The molecule has 4 saturated carbocycles. The topological polar surface area (TPSA) is 54.9 Å². The zero-order valence-electron chi connectivity index (χ0n) is 12.5. The molecule has 1 aromatic heterocycles. The van der Waals surface area contributed by atoms with Crippen LogP contribution in [0, 0.1) is 17.8 Å². The predicted molar refractivity (Wildman–Crippen MR) is 83.3 cm³/mol. The predicted octanol–water partition coefficient (Wildman–Crippen LogP) is 2.94. The highest BCUT2D eigenvalue weighted by atomic mass is 16.2. The van der Waals surface area contributed by atoms with Crippen molar-refractivity contribution in [2.75, 3.05) is 0 Å². The van der Waals surface area contributed by atoms with Crippen molar-refractivity contribution >= 4 is 16.9 Å². The molecule has 112 valence electrons. The molecule has 1 aromatic carbocycles. The van der Waals surface area contributed by atoms with Crippen molar-refractivity contribution in [1.29, 1.82) is 0 Å². The maximum atomic E-state index is 12.7. The molecule has 2 atom stereocenters. The van der Waals surface area contributed by atoms with E-state index in [1.54, 1.807) is 6.20 Å². The molecule has 0 radical (unpaired) electrons. The Bertz CT molecular complexity index is 758. The number of hydrogen-bond donors (Lipinski definition) is 1. The fourth-order valence-electron chi connectivity index (χ4n) is 5.36. The highest BCUT2D eigenvalue weighted by molar-refractivity contribution is 5.94. The molecule has 4 heteroatoms. The van der Waals surface area contributed by atoms with E-state index in [0.29, 0.717) is 11.6 Å². The number of rotatable bonds is 2. The van der Waals surface area contributed by atoms with Gasteiger partial charge in [-0.15, -0.1) is 0 Å². The van der Waals surface area contributed by atoms with Crippen LogP contribution in [0.3, 0.4) is 0 Å². The average Bonchev–Trinajstić information content (AvgIpc) is 2.90. The SMILES string of the molecule is O=C(NC12CC3CC(CC1C3)C2)c1cnc2ccccc2n1. The summed E-state index contributed by atoms with van der Waals surface area (Å²) >= 11 is 0. The smallest absolute Gasteiger partial charge is 0.271 e. The van der Waals surface area contributed by atoms with Gasteiger partial charge >= 0.3 is 0 Å². The number of carbonyl (C=O) groups is 1. The first kappa shape index (κ1) is 12.6. The zero-order valence-corrected chi connectivity index (χ0v) is 12.5. The molecular formula is C18H19N3O. The van der Waals surface area contributed by atoms with Crippen LogP contribution < -0.4 is 5.32 Å². The molecule has 4 aliphatic rings. The first-order valence-electron chi connectivity index (χ1n) is 8.26. The molecule has 2 unspecified atom stereocenters. The van der Waals surface area contributed by atoms with Crippen molar-refractivity contribution in [2.24, 2.45) is 17.8 Å². The summed E-state index contributed by atoms with van der Waals surface area (Å²) in [6, 6.07) is 7.68. The third-order valence-electron chi connectivity index (χ3n) is 6.03. The van der Waals surface area contributed by atoms with E-state index in [1.807, 2.05) is 24.3 Å². The fourth-order valence-corrected chi connectivity index (χ4v) is 5.36. The molecule has 4 bridgehead atoms. The summed E-state index contributed by atoms with van der Waals surface area (Å²) in [6.45, 7) is 0. The van der Waals surface area contributed by atoms with Crippen molar-refractivity contribution < 1.29 is 4.79 Å². The molecule has 1 heterocycles. The summed E-state index contributed by atoms with van der Waals surface area (Å²) in [6.07, 6.45) is 7.93. The van der Waals surface area contributed by atoms with E-state index in [2.05, 4.69) is 15.3 Å². The zero-order chi connectivity index (χ0) is 14.7. The number of nitrogens with one attached hydrogen (secondary N) is 1. The van der Waals surface area contributed by atoms with Gasteiger partial charge in [0.2, 0.25) is 0 Å². The Labute approximate surface area is 129 Å². The number of fused-ring (bicyclic) bond motifs is 1. The molecule has 22 heavy (non-hydrogen) atoms. The minimum Gasteiger partial charge on any atom is -0.345 e. The second-order valence-electron chi connectivity index (χ2n) is 7.40. The van der Waals surface area contributed by atoms with Crippen LogP contribution in [0.1, 0.15) is 42.6 Å². The van der Waals surface area contributed by atoms with Crippen molar-refractivity contribution in [2.45, 2.75) is 37.6 Å². The number of para-hydroxylation sites is 2. The van der Waals surface area contributed by atoms with Crippen molar-refractivity contribution in [3.05, 3.63) is 36.2 Å². The van der Waals surface area contributed by atoms with E-state index in [0.717, 1.165) is 22.9 Å². The second kappa shape index (κ2) is 4.28. The van der Waals surface area contributed by atoms with Crippen LogP contribution in [0.5, 0.6) is 0 Å². The number of amides is 1. The second-order valence-corrected chi connectivity index (χ2v) is 7.40. The Morgan fingerprint density at radius 2 is 1.82 bits per heavy atom. The summed E-state index contributed by atoms with van der Waals surface area (Å²) < 4.78 is 0. The van der Waals surface area contributed by atoms with Crippen molar-refractivity contribution in [3.8, 4) is 0 Å². The monoisotopic (exact) mass is 293 g/mol. The number of carbonyl (C=O) groups excluding carboxylic acids is 1. The first-order chi connectivity index (χ1) is 10.7. The minimum atomic E-state index is -0.0496. The van der Waals surface area contributed by atoms with Crippen LogP contribution in [0.2, 0.25) is 0 Å². The number of benzene rings is 1. The lowest BCUT2D eigenvalue weighted by atomic mass is 9.80. The Kier molecular flexibility index (Phi) is 2.44. The normalized spacial score (nSPS) is 35.2. The number of hydrogen-bond acceptors (Lipinski definition) is 3. The van der Waals surface area contributed by atoms with Gasteiger partial charge in [-0.25, -0.2) is 4.98 Å². The van der Waals surface area contributed by atoms with Gasteiger partial charge in [0.15, 0.2) is 0 Å². The van der Waals surface area contributed by atoms with E-state index >= 15 is 0 Å². The van der Waals surface area contributed by atoms with Gasteiger partial charge in [0.1, 0.15) is 5.69 Å². The maximum absolute atomic E-state index is 12.7. The molecule has 0 aliphatic heterocycles. The molecule has 4 nitrogen and oxygen atoms in total. The molecule has 0 saturated heterocycles. The van der Waals surface area contributed by atoms with Gasteiger partial charge in [0.25, 0.3) is 5.91 Å². The van der Waals surface area contributed by atoms with Gasteiger partial charge in [-0.3, -0.25) is 9.78 Å². The lowest BCUT2D eigenvalue weighted by molar-refractivity contribution is 0.0869. The van der Waals surface area contributed by atoms with E-state index in [1.165, 1.54) is 32.1 Å². The molecule has 1 amide bonds. The molecule has 2 aromatic rings. The summed E-state index contributed by atoms with van der Waals surface area (Å²) in [7, 11) is 0. The molecular weight excluding hydrogens is 274 g/mol. The van der Waals surface area contributed by atoms with Gasteiger partial charge in [-0.2, -0.15) is 0 Å². The Balaban J connectivity index is 1.44. The highest BCUT2D eigenvalue weighted by Gasteiger charge is 2.58. The third-order valence-corrected chi connectivity index (χ3v) is 6.03. The number of aromatic nitrogens is 2. The van der Waals surface area contributed by atoms with Crippen LogP contribution in [0.4, 0.5) is 0 Å². The molecule has 4 aliphatic carbocycles. The minimum absolute atomic E-state index is 0.0496. The Morgan fingerprint density at radius 1 is 1.09 bits per heavy atom. The van der Waals surface area contributed by atoms with Crippen LogP contribution >= 0.6 is 0 Å². The molecule has 1 N–H and O–H groups in total.